The Kier molecular flexibility index (Phi) is 5.54. The van der Waals surface area contributed by atoms with E-state index in [1.54, 1.807) is 12.1 Å². The van der Waals surface area contributed by atoms with Crippen LogP contribution in [0.2, 0.25) is 0 Å². The van der Waals surface area contributed by atoms with Crippen molar-refractivity contribution in [2.24, 2.45) is 10.2 Å². The average molecular weight is 378 g/mol. The van der Waals surface area contributed by atoms with Gasteiger partial charge in [-0.15, -0.1) is 12.3 Å². The van der Waals surface area contributed by atoms with Crippen molar-refractivity contribution in [3.05, 3.63) is 41.2 Å². The van der Waals surface area contributed by atoms with Gasteiger partial charge < -0.3 is 15.7 Å². The third kappa shape index (κ3) is 4.82. The van der Waals surface area contributed by atoms with Gasteiger partial charge in [-0.25, -0.2) is 9.97 Å². The summed E-state index contributed by atoms with van der Waals surface area (Å²) < 4.78 is 0. The molecule has 144 valence electrons. The molecule has 1 aromatic carbocycles. The van der Waals surface area contributed by atoms with Gasteiger partial charge in [-0.1, -0.05) is 0 Å². The second kappa shape index (κ2) is 8.05. The highest BCUT2D eigenvalue weighted by Gasteiger charge is 2.38. The first-order valence-electron chi connectivity index (χ1n) is 8.99. The van der Waals surface area contributed by atoms with Crippen molar-refractivity contribution >= 4 is 17.5 Å². The van der Waals surface area contributed by atoms with Crippen molar-refractivity contribution < 1.29 is 9.90 Å². The molecule has 1 amide bonds. The molecule has 1 aliphatic heterocycles. The van der Waals surface area contributed by atoms with Crippen molar-refractivity contribution in [1.82, 2.24) is 15.3 Å². The molecule has 0 saturated carbocycles. The minimum absolute atomic E-state index is 0.104. The molecular formula is C20H22N6O2. The van der Waals surface area contributed by atoms with E-state index in [9.17, 15) is 9.90 Å². The molecular weight excluding hydrogens is 356 g/mol. The van der Waals surface area contributed by atoms with Crippen LogP contribution in [0.15, 0.2) is 34.5 Å². The molecule has 0 atom stereocenters. The number of aromatic hydroxyl groups is 1. The third-order valence-electron chi connectivity index (χ3n) is 4.34. The first kappa shape index (κ1) is 19.3. The first-order valence-corrected chi connectivity index (χ1v) is 8.99. The van der Waals surface area contributed by atoms with Crippen molar-refractivity contribution in [1.29, 1.82) is 0 Å². The summed E-state index contributed by atoms with van der Waals surface area (Å²) in [5, 5.41) is 24.0. The molecule has 0 aliphatic carbocycles. The zero-order valence-corrected chi connectivity index (χ0v) is 15.9. The lowest BCUT2D eigenvalue weighted by Gasteiger charge is -2.12. The van der Waals surface area contributed by atoms with E-state index in [1.807, 2.05) is 19.9 Å². The van der Waals surface area contributed by atoms with Gasteiger partial charge in [0.15, 0.2) is 5.66 Å². The molecule has 1 aromatic heterocycles. The van der Waals surface area contributed by atoms with Crippen LogP contribution in [0.1, 0.15) is 41.0 Å². The van der Waals surface area contributed by atoms with Crippen LogP contribution < -0.4 is 10.6 Å². The van der Waals surface area contributed by atoms with E-state index in [1.165, 1.54) is 6.07 Å². The molecule has 0 radical (unpaired) electrons. The fourth-order valence-electron chi connectivity index (χ4n) is 2.85. The van der Waals surface area contributed by atoms with Crippen LogP contribution in [0.4, 0.5) is 11.6 Å². The molecule has 2 aromatic rings. The number of nitrogens with one attached hydrogen (secondary N) is 2. The van der Waals surface area contributed by atoms with Crippen LogP contribution in [-0.4, -0.2) is 33.2 Å². The molecule has 1 aliphatic rings. The van der Waals surface area contributed by atoms with Gasteiger partial charge in [0.05, 0.1) is 5.56 Å². The van der Waals surface area contributed by atoms with E-state index in [2.05, 4.69) is 36.8 Å². The topological polar surface area (TPSA) is 112 Å². The van der Waals surface area contributed by atoms with Crippen LogP contribution >= 0.6 is 0 Å². The number of phenols is 1. The maximum atomic E-state index is 12.5. The zero-order chi connectivity index (χ0) is 20.1. The van der Waals surface area contributed by atoms with Gasteiger partial charge in [0, 0.05) is 42.9 Å². The Hall–Kier alpha value is -3.47. The predicted octanol–water partition coefficient (Wildman–Crippen LogP) is 3.24. The van der Waals surface area contributed by atoms with Crippen LogP contribution in [0.5, 0.6) is 5.75 Å². The van der Waals surface area contributed by atoms with Gasteiger partial charge in [-0.05, 0) is 38.1 Å². The standard InChI is InChI=1S/C20H22N6O2/c1-4-5-8-20(25-26-20)9-10-21-18(28)16-12-15(6-7-17(16)27)24-19-22-13(2)11-14(3)23-19/h1,6-7,11-12,27H,5,8-10H2,2-3H3,(H,21,28)(H,22,23,24). The molecule has 2 heterocycles. The quantitative estimate of drug-likeness (QED) is 0.482. The summed E-state index contributed by atoms with van der Waals surface area (Å²) in [6.07, 6.45) is 7.13. The molecule has 0 bridgehead atoms. The molecule has 0 spiro atoms. The first-order chi connectivity index (χ1) is 13.4. The molecule has 0 saturated heterocycles. The minimum Gasteiger partial charge on any atom is -0.507 e. The highest BCUT2D eigenvalue weighted by Crippen LogP contribution is 2.36. The number of amides is 1. The van der Waals surface area contributed by atoms with Gasteiger partial charge in [0.2, 0.25) is 5.95 Å². The van der Waals surface area contributed by atoms with Gasteiger partial charge in [-0.2, -0.15) is 10.2 Å². The lowest BCUT2D eigenvalue weighted by atomic mass is 10.0. The lowest BCUT2D eigenvalue weighted by Crippen LogP contribution is -2.28. The maximum Gasteiger partial charge on any atom is 0.255 e. The fourth-order valence-corrected chi connectivity index (χ4v) is 2.85. The van der Waals surface area contributed by atoms with Crippen molar-refractivity contribution in [2.45, 2.75) is 38.8 Å². The average Bonchev–Trinajstić information content (AvgIpc) is 3.41. The highest BCUT2D eigenvalue weighted by atomic mass is 16.3. The van der Waals surface area contributed by atoms with E-state index in [-0.39, 0.29) is 17.2 Å². The van der Waals surface area contributed by atoms with Crippen molar-refractivity contribution in [2.75, 3.05) is 11.9 Å². The normalized spacial score (nSPS) is 13.6. The monoisotopic (exact) mass is 378 g/mol. The Morgan fingerprint density at radius 2 is 1.89 bits per heavy atom. The Bertz CT molecular complexity index is 937. The van der Waals surface area contributed by atoms with Crippen LogP contribution in [0.3, 0.4) is 0 Å². The number of terminal acetylenes is 1. The summed E-state index contributed by atoms with van der Waals surface area (Å²) in [7, 11) is 0. The number of hydrogen-bond acceptors (Lipinski definition) is 7. The number of anilines is 2. The van der Waals surface area contributed by atoms with E-state index in [4.69, 9.17) is 6.42 Å². The predicted molar refractivity (Wildman–Crippen MR) is 105 cm³/mol. The summed E-state index contributed by atoms with van der Waals surface area (Å²) in [6.45, 7) is 4.14. The van der Waals surface area contributed by atoms with Crippen LogP contribution in [0, 0.1) is 26.2 Å². The maximum absolute atomic E-state index is 12.5. The Morgan fingerprint density at radius 3 is 2.54 bits per heavy atom. The van der Waals surface area contributed by atoms with E-state index < -0.39 is 5.66 Å². The Balaban J connectivity index is 1.62. The highest BCUT2D eigenvalue weighted by molar-refractivity contribution is 5.97. The number of hydrogen-bond donors (Lipinski definition) is 3. The summed E-state index contributed by atoms with van der Waals surface area (Å²) in [4.78, 5) is 21.1. The summed E-state index contributed by atoms with van der Waals surface area (Å²) in [5.41, 5.74) is 1.98. The van der Waals surface area contributed by atoms with Gasteiger partial charge in [0.1, 0.15) is 5.75 Å². The SMILES string of the molecule is C#CCCC1(CCNC(=O)c2cc(Nc3nc(C)cc(C)n3)ccc2O)N=N1. The van der Waals surface area contributed by atoms with Crippen LogP contribution in [-0.2, 0) is 0 Å². The number of phenolic OH excluding ortho intramolecular Hbond substituents is 1. The van der Waals surface area contributed by atoms with E-state index in [0.717, 1.165) is 11.4 Å². The molecule has 0 fully saturated rings. The molecule has 28 heavy (non-hydrogen) atoms. The smallest absolute Gasteiger partial charge is 0.255 e. The molecule has 8 nitrogen and oxygen atoms in total. The molecule has 0 unspecified atom stereocenters. The second-order valence-electron chi connectivity index (χ2n) is 6.72. The largest absolute Gasteiger partial charge is 0.507 e. The number of carbonyl (C=O) groups is 1. The number of aryl methyl sites for hydroxylation is 2. The molecule has 8 heteroatoms. The third-order valence-corrected chi connectivity index (χ3v) is 4.34. The lowest BCUT2D eigenvalue weighted by molar-refractivity contribution is 0.0949. The number of rotatable bonds is 8. The fraction of sp³-hybridized carbons (Fsp3) is 0.350. The van der Waals surface area contributed by atoms with Gasteiger partial charge >= 0.3 is 0 Å². The summed E-state index contributed by atoms with van der Waals surface area (Å²) >= 11 is 0. The van der Waals surface area contributed by atoms with Gasteiger partial charge in [0.25, 0.3) is 5.91 Å². The number of aromatic nitrogens is 2. The number of carbonyl (C=O) groups excluding carboxylic acids is 1. The Labute approximate surface area is 163 Å². The van der Waals surface area contributed by atoms with Gasteiger partial charge in [-0.3, -0.25) is 4.79 Å². The molecule has 3 rings (SSSR count). The second-order valence-corrected chi connectivity index (χ2v) is 6.72. The number of nitrogens with zero attached hydrogens (tertiary/aromatic N) is 4. The molecule has 3 N–H and O–H groups in total. The summed E-state index contributed by atoms with van der Waals surface area (Å²) in [6, 6.07) is 6.55. The minimum atomic E-state index is -0.453. The number of benzene rings is 1. The van der Waals surface area contributed by atoms with Crippen LogP contribution in [0.25, 0.3) is 0 Å². The van der Waals surface area contributed by atoms with E-state index >= 15 is 0 Å². The van der Waals surface area contributed by atoms with Crippen molar-refractivity contribution in [3.63, 3.8) is 0 Å². The zero-order valence-electron chi connectivity index (χ0n) is 15.9. The summed E-state index contributed by atoms with van der Waals surface area (Å²) in [5.74, 6) is 2.52. The van der Waals surface area contributed by atoms with Crippen molar-refractivity contribution in [3.8, 4) is 18.1 Å². The van der Waals surface area contributed by atoms with E-state index in [0.29, 0.717) is 37.4 Å². The Morgan fingerprint density at radius 1 is 1.18 bits per heavy atom.